The molecular weight excluding hydrogens is 220 g/mol. The molecule has 1 aliphatic carbocycles. The standard InChI is InChI=1S/C12H24N2O3/c1-11(2,3)17-10(15)14-9-7-5-6-8(13)12(9,4)16/h8-9,16H,5-7,13H2,1-4H3,(H,14,15)/t8-,9+,12+/m0/s1. The van der Waals surface area contributed by atoms with Gasteiger partial charge in [-0.1, -0.05) is 0 Å². The highest BCUT2D eigenvalue weighted by atomic mass is 16.6. The highest BCUT2D eigenvalue weighted by Crippen LogP contribution is 2.27. The number of alkyl carbamates (subject to hydrolysis) is 1. The number of aliphatic hydroxyl groups is 1. The van der Waals surface area contributed by atoms with Crippen molar-refractivity contribution >= 4 is 6.09 Å². The van der Waals surface area contributed by atoms with Gasteiger partial charge in [0.1, 0.15) is 5.60 Å². The van der Waals surface area contributed by atoms with Gasteiger partial charge in [0.05, 0.1) is 11.6 Å². The molecule has 100 valence electrons. The van der Waals surface area contributed by atoms with E-state index in [2.05, 4.69) is 5.32 Å². The average Bonchev–Trinajstić information content (AvgIpc) is 2.10. The van der Waals surface area contributed by atoms with Crippen molar-refractivity contribution in [2.24, 2.45) is 5.73 Å². The van der Waals surface area contributed by atoms with Gasteiger partial charge in [-0.3, -0.25) is 0 Å². The Labute approximate surface area is 103 Å². The molecule has 0 radical (unpaired) electrons. The van der Waals surface area contributed by atoms with Crippen molar-refractivity contribution in [3.63, 3.8) is 0 Å². The zero-order chi connectivity index (χ0) is 13.3. The lowest BCUT2D eigenvalue weighted by atomic mass is 9.78. The van der Waals surface area contributed by atoms with Gasteiger partial charge in [0.25, 0.3) is 0 Å². The molecule has 1 aliphatic rings. The molecule has 5 heteroatoms. The maximum absolute atomic E-state index is 11.6. The summed E-state index contributed by atoms with van der Waals surface area (Å²) in [6.07, 6.45) is 1.90. The fraction of sp³-hybridized carbons (Fsp3) is 0.917. The fourth-order valence-electron chi connectivity index (χ4n) is 2.05. The van der Waals surface area contributed by atoms with Gasteiger partial charge < -0.3 is 20.9 Å². The molecule has 1 fully saturated rings. The van der Waals surface area contributed by atoms with E-state index in [0.29, 0.717) is 0 Å². The SMILES string of the molecule is CC(C)(C)OC(=O)N[C@@H]1CCC[C@H](N)[C@@]1(C)O. The average molecular weight is 244 g/mol. The van der Waals surface area contributed by atoms with Gasteiger partial charge in [0.2, 0.25) is 0 Å². The molecule has 4 N–H and O–H groups in total. The molecule has 17 heavy (non-hydrogen) atoms. The predicted octanol–water partition coefficient (Wildman–Crippen LogP) is 1.14. The predicted molar refractivity (Wildman–Crippen MR) is 65.6 cm³/mol. The van der Waals surface area contributed by atoms with Crippen LogP contribution in [0.5, 0.6) is 0 Å². The number of carbonyl (C=O) groups excluding carboxylic acids is 1. The quantitative estimate of drug-likeness (QED) is 0.646. The van der Waals surface area contributed by atoms with Gasteiger partial charge in [-0.2, -0.15) is 0 Å². The molecule has 1 amide bonds. The number of amides is 1. The molecule has 0 aromatic carbocycles. The molecule has 0 saturated heterocycles. The molecule has 1 saturated carbocycles. The van der Waals surface area contributed by atoms with Crippen molar-refractivity contribution in [1.82, 2.24) is 5.32 Å². The van der Waals surface area contributed by atoms with Crippen LogP contribution < -0.4 is 11.1 Å². The molecule has 0 bridgehead atoms. The number of hydrogen-bond donors (Lipinski definition) is 3. The summed E-state index contributed by atoms with van der Waals surface area (Å²) in [6.45, 7) is 7.07. The minimum Gasteiger partial charge on any atom is -0.444 e. The van der Waals surface area contributed by atoms with E-state index < -0.39 is 17.3 Å². The zero-order valence-corrected chi connectivity index (χ0v) is 11.1. The second kappa shape index (κ2) is 4.82. The molecule has 0 unspecified atom stereocenters. The van der Waals surface area contributed by atoms with E-state index in [1.54, 1.807) is 27.7 Å². The summed E-state index contributed by atoms with van der Waals surface area (Å²) in [7, 11) is 0. The van der Waals surface area contributed by atoms with Gasteiger partial charge in [-0.15, -0.1) is 0 Å². The first-order valence-electron chi connectivity index (χ1n) is 6.10. The number of nitrogens with one attached hydrogen (secondary N) is 1. The van der Waals surface area contributed by atoms with E-state index in [4.69, 9.17) is 10.5 Å². The number of rotatable bonds is 1. The summed E-state index contributed by atoms with van der Waals surface area (Å²) in [5.74, 6) is 0. The topological polar surface area (TPSA) is 84.6 Å². The van der Waals surface area contributed by atoms with E-state index in [1.807, 2.05) is 0 Å². The van der Waals surface area contributed by atoms with Crippen LogP contribution in [0.15, 0.2) is 0 Å². The third-order valence-corrected chi connectivity index (χ3v) is 3.16. The van der Waals surface area contributed by atoms with Crippen LogP contribution in [-0.2, 0) is 4.74 Å². The van der Waals surface area contributed by atoms with Crippen LogP contribution in [0.25, 0.3) is 0 Å². The van der Waals surface area contributed by atoms with Gasteiger partial charge >= 0.3 is 6.09 Å². The lowest BCUT2D eigenvalue weighted by molar-refractivity contribution is -0.0314. The molecule has 0 aromatic rings. The molecule has 0 spiro atoms. The maximum atomic E-state index is 11.6. The van der Waals surface area contributed by atoms with Crippen LogP contribution in [0.1, 0.15) is 47.0 Å². The summed E-state index contributed by atoms with van der Waals surface area (Å²) in [5.41, 5.74) is 4.25. The molecule has 1 rings (SSSR count). The summed E-state index contributed by atoms with van der Waals surface area (Å²) in [4.78, 5) is 11.6. The fourth-order valence-corrected chi connectivity index (χ4v) is 2.05. The summed E-state index contributed by atoms with van der Waals surface area (Å²) < 4.78 is 5.17. The molecular formula is C12H24N2O3. The highest BCUT2D eigenvalue weighted by molar-refractivity contribution is 5.68. The molecule has 0 aromatic heterocycles. The van der Waals surface area contributed by atoms with Crippen molar-refractivity contribution in [3.8, 4) is 0 Å². The normalized spacial score (nSPS) is 34.2. The molecule has 0 aliphatic heterocycles. The van der Waals surface area contributed by atoms with Gasteiger partial charge in [0.15, 0.2) is 0 Å². The smallest absolute Gasteiger partial charge is 0.407 e. The lowest BCUT2D eigenvalue weighted by Gasteiger charge is -2.42. The molecule has 5 nitrogen and oxygen atoms in total. The number of hydrogen-bond acceptors (Lipinski definition) is 4. The molecule has 0 heterocycles. The van der Waals surface area contributed by atoms with Crippen LogP contribution in [0.2, 0.25) is 0 Å². The van der Waals surface area contributed by atoms with Gasteiger partial charge in [-0.05, 0) is 47.0 Å². The van der Waals surface area contributed by atoms with E-state index in [1.165, 1.54) is 0 Å². The number of carbonyl (C=O) groups is 1. The minimum atomic E-state index is -1.07. The van der Waals surface area contributed by atoms with Crippen molar-refractivity contribution in [1.29, 1.82) is 0 Å². The van der Waals surface area contributed by atoms with Gasteiger partial charge in [0, 0.05) is 6.04 Å². The number of nitrogens with two attached hydrogens (primary N) is 1. The third-order valence-electron chi connectivity index (χ3n) is 3.16. The summed E-state index contributed by atoms with van der Waals surface area (Å²) in [5, 5.41) is 13.0. The Morgan fingerprint density at radius 2 is 2.06 bits per heavy atom. The first-order chi connectivity index (χ1) is 7.63. The summed E-state index contributed by atoms with van der Waals surface area (Å²) >= 11 is 0. The lowest BCUT2D eigenvalue weighted by Crippen LogP contribution is -2.62. The van der Waals surface area contributed by atoms with Crippen LogP contribution in [-0.4, -0.2) is 34.5 Å². The zero-order valence-electron chi connectivity index (χ0n) is 11.1. The van der Waals surface area contributed by atoms with Crippen molar-refractivity contribution in [2.45, 2.75) is 70.2 Å². The Kier molecular flexibility index (Phi) is 4.04. The Balaban J connectivity index is 2.58. The van der Waals surface area contributed by atoms with E-state index in [-0.39, 0.29) is 12.1 Å². The van der Waals surface area contributed by atoms with Crippen molar-refractivity contribution < 1.29 is 14.6 Å². The monoisotopic (exact) mass is 244 g/mol. The second-order valence-electron chi connectivity index (χ2n) is 5.96. The Bertz CT molecular complexity index is 284. The first kappa shape index (κ1) is 14.3. The van der Waals surface area contributed by atoms with E-state index >= 15 is 0 Å². The van der Waals surface area contributed by atoms with Crippen molar-refractivity contribution in [2.75, 3.05) is 0 Å². The molecule has 3 atom stereocenters. The van der Waals surface area contributed by atoms with Crippen LogP contribution in [0.3, 0.4) is 0 Å². The Morgan fingerprint density at radius 3 is 2.59 bits per heavy atom. The van der Waals surface area contributed by atoms with Crippen molar-refractivity contribution in [3.05, 3.63) is 0 Å². The Hall–Kier alpha value is -0.810. The minimum absolute atomic E-state index is 0.309. The van der Waals surface area contributed by atoms with Crippen LogP contribution >= 0.6 is 0 Å². The van der Waals surface area contributed by atoms with Crippen LogP contribution in [0.4, 0.5) is 4.79 Å². The maximum Gasteiger partial charge on any atom is 0.407 e. The third kappa shape index (κ3) is 3.85. The van der Waals surface area contributed by atoms with Crippen LogP contribution in [0, 0.1) is 0 Å². The van der Waals surface area contributed by atoms with E-state index in [9.17, 15) is 9.90 Å². The largest absolute Gasteiger partial charge is 0.444 e. The Morgan fingerprint density at radius 1 is 1.47 bits per heavy atom. The first-order valence-corrected chi connectivity index (χ1v) is 6.10. The van der Waals surface area contributed by atoms with Gasteiger partial charge in [-0.25, -0.2) is 4.79 Å². The highest BCUT2D eigenvalue weighted by Gasteiger charge is 2.41. The van der Waals surface area contributed by atoms with E-state index in [0.717, 1.165) is 19.3 Å². The second-order valence-corrected chi connectivity index (χ2v) is 5.96. The number of ether oxygens (including phenoxy) is 1. The summed E-state index contributed by atoms with van der Waals surface area (Å²) in [6, 6.07) is -0.655.